The number of aliphatic hydroxyl groups excluding tert-OH is 2. The second-order valence-corrected chi connectivity index (χ2v) is 10.9. The number of benzene rings is 1. The smallest absolute Gasteiger partial charge is 0.253 e. The summed E-state index contributed by atoms with van der Waals surface area (Å²) in [6.07, 6.45) is -1.36. The summed E-state index contributed by atoms with van der Waals surface area (Å²) in [6.45, 7) is 6.22. The number of carbonyl (C=O) groups excluding carboxylic acids is 2. The molecule has 0 spiro atoms. The molecule has 2 aliphatic heterocycles. The van der Waals surface area contributed by atoms with Crippen LogP contribution in [-0.4, -0.2) is 96.3 Å². The van der Waals surface area contributed by atoms with Crippen molar-refractivity contribution in [2.24, 2.45) is 11.8 Å². The van der Waals surface area contributed by atoms with Crippen LogP contribution in [0.15, 0.2) is 24.3 Å². The molecule has 3 N–H and O–H groups in total. The van der Waals surface area contributed by atoms with Crippen molar-refractivity contribution in [2.75, 3.05) is 33.0 Å². The number of nitrogens with zero attached hydrogens (tertiary/aromatic N) is 2. The molecule has 2 heterocycles. The molecule has 36 heavy (non-hydrogen) atoms. The first-order valence-electron chi connectivity index (χ1n) is 13.0. The van der Waals surface area contributed by atoms with Crippen molar-refractivity contribution in [3.05, 3.63) is 29.8 Å². The molecule has 9 heteroatoms. The number of ether oxygens (including phenoxy) is 2. The molecule has 0 radical (unpaired) electrons. The van der Waals surface area contributed by atoms with Gasteiger partial charge in [-0.2, -0.15) is 0 Å². The number of hydrogen-bond acceptors (Lipinski definition) is 7. The number of fused-ring (bicyclic) bond motifs is 2. The average molecular weight is 506 g/mol. The van der Waals surface area contributed by atoms with Crippen molar-refractivity contribution in [3.8, 4) is 0 Å². The summed E-state index contributed by atoms with van der Waals surface area (Å²) >= 11 is 0. The van der Waals surface area contributed by atoms with E-state index in [-0.39, 0.29) is 35.8 Å². The lowest BCUT2D eigenvalue weighted by Crippen LogP contribution is -2.55. The zero-order valence-electron chi connectivity index (χ0n) is 22.4. The van der Waals surface area contributed by atoms with Crippen molar-refractivity contribution in [1.29, 1.82) is 0 Å². The number of aliphatic hydroxyl groups is 2. The Bertz CT molecular complexity index is 896. The quantitative estimate of drug-likeness (QED) is 0.578. The Hall–Kier alpha value is -2.04. The molecule has 2 aliphatic rings. The average Bonchev–Trinajstić information content (AvgIpc) is 2.81. The fourth-order valence-electron chi connectivity index (χ4n) is 5.13. The molecule has 1 fully saturated rings. The third kappa shape index (κ3) is 7.26. The zero-order chi connectivity index (χ0) is 26.6. The number of anilines is 1. The van der Waals surface area contributed by atoms with Crippen LogP contribution in [0.4, 0.5) is 5.69 Å². The molecule has 0 aromatic heterocycles. The van der Waals surface area contributed by atoms with E-state index in [4.69, 9.17) is 9.47 Å². The number of carbonyl (C=O) groups is 2. The van der Waals surface area contributed by atoms with Gasteiger partial charge < -0.3 is 34.8 Å². The van der Waals surface area contributed by atoms with Crippen LogP contribution in [0, 0.1) is 11.8 Å². The standard InChI is InChI=1S/C27H43N3O6/c1-16-12-22(31)23(36-27-24(32)21(29(4)5)13-18(3)35-27)11-10-17(2)25(33)28-20-9-7-8-19(14-20)26(34)30(6)15-16/h7-9,14,16-18,21-24,27,31-32H,10-13,15H2,1-6H3,(H,28,33)/t16-,17-,18-,21+,22-,23-,24-,27+/m1/s1. The van der Waals surface area contributed by atoms with E-state index in [0.717, 1.165) is 0 Å². The highest BCUT2D eigenvalue weighted by Crippen LogP contribution is 2.28. The monoisotopic (exact) mass is 505 g/mol. The van der Waals surface area contributed by atoms with Crippen LogP contribution < -0.4 is 5.32 Å². The van der Waals surface area contributed by atoms with Crippen LogP contribution in [0.2, 0.25) is 0 Å². The lowest BCUT2D eigenvalue weighted by Gasteiger charge is -2.42. The molecule has 8 atom stereocenters. The van der Waals surface area contributed by atoms with Gasteiger partial charge in [0.25, 0.3) is 5.91 Å². The van der Waals surface area contributed by atoms with Crippen LogP contribution in [0.1, 0.15) is 56.8 Å². The third-order valence-electron chi connectivity index (χ3n) is 7.30. The van der Waals surface area contributed by atoms with E-state index in [0.29, 0.717) is 43.5 Å². The van der Waals surface area contributed by atoms with Crippen LogP contribution >= 0.6 is 0 Å². The molecule has 202 valence electrons. The minimum atomic E-state index is -0.881. The predicted octanol–water partition coefficient (Wildman–Crippen LogP) is 2.33. The van der Waals surface area contributed by atoms with Gasteiger partial charge in [0, 0.05) is 36.8 Å². The lowest BCUT2D eigenvalue weighted by atomic mass is 9.93. The van der Waals surface area contributed by atoms with Crippen molar-refractivity contribution in [2.45, 2.75) is 83.2 Å². The minimum absolute atomic E-state index is 0.00353. The van der Waals surface area contributed by atoms with E-state index >= 15 is 0 Å². The van der Waals surface area contributed by atoms with Gasteiger partial charge in [0.15, 0.2) is 6.29 Å². The highest BCUT2D eigenvalue weighted by molar-refractivity contribution is 5.97. The zero-order valence-corrected chi connectivity index (χ0v) is 22.4. The lowest BCUT2D eigenvalue weighted by molar-refractivity contribution is -0.278. The minimum Gasteiger partial charge on any atom is -0.390 e. The summed E-state index contributed by atoms with van der Waals surface area (Å²) in [7, 11) is 5.56. The summed E-state index contributed by atoms with van der Waals surface area (Å²) in [5.41, 5.74) is 1.07. The molecular weight excluding hydrogens is 462 g/mol. The Labute approximate surface area is 214 Å². The van der Waals surface area contributed by atoms with Gasteiger partial charge in [-0.05, 0) is 70.8 Å². The molecule has 9 nitrogen and oxygen atoms in total. The molecule has 2 amide bonds. The van der Waals surface area contributed by atoms with Gasteiger partial charge >= 0.3 is 0 Å². The van der Waals surface area contributed by atoms with Crippen LogP contribution in [0.5, 0.6) is 0 Å². The highest BCUT2D eigenvalue weighted by atomic mass is 16.7. The van der Waals surface area contributed by atoms with E-state index in [1.165, 1.54) is 0 Å². The van der Waals surface area contributed by atoms with Crippen molar-refractivity contribution < 1.29 is 29.3 Å². The summed E-state index contributed by atoms with van der Waals surface area (Å²) in [4.78, 5) is 29.4. The normalized spacial score (nSPS) is 35.2. The van der Waals surface area contributed by atoms with Crippen LogP contribution in [-0.2, 0) is 14.3 Å². The highest BCUT2D eigenvalue weighted by Gasteiger charge is 2.40. The number of nitrogens with one attached hydrogen (secondary N) is 1. The summed E-state index contributed by atoms with van der Waals surface area (Å²) < 4.78 is 12.2. The van der Waals surface area contributed by atoms with Crippen molar-refractivity contribution in [3.63, 3.8) is 0 Å². The van der Waals surface area contributed by atoms with Gasteiger partial charge in [0.05, 0.1) is 18.3 Å². The Morgan fingerprint density at radius 1 is 1.11 bits per heavy atom. The fourth-order valence-corrected chi connectivity index (χ4v) is 5.13. The Morgan fingerprint density at radius 3 is 2.53 bits per heavy atom. The summed E-state index contributed by atoms with van der Waals surface area (Å²) in [6, 6.07) is 6.82. The van der Waals surface area contributed by atoms with Gasteiger partial charge in [-0.15, -0.1) is 0 Å². The van der Waals surface area contributed by atoms with E-state index < -0.39 is 24.6 Å². The SMILES string of the molecule is C[C@@H]1C[C@@H](O)[C@H](O[C@@H]2O[C@H](C)C[C@H](N(C)C)[C@H]2O)CC[C@@H](C)C(=O)Nc2cccc(c2)C(=O)N(C)C1. The fraction of sp³-hybridized carbons (Fsp3) is 0.704. The van der Waals surface area contributed by atoms with E-state index in [1.807, 2.05) is 39.8 Å². The Kier molecular flexibility index (Phi) is 9.88. The number of amides is 2. The second-order valence-electron chi connectivity index (χ2n) is 10.9. The molecule has 0 saturated carbocycles. The largest absolute Gasteiger partial charge is 0.390 e. The first kappa shape index (κ1) is 28.5. The first-order valence-corrected chi connectivity index (χ1v) is 13.0. The molecule has 0 unspecified atom stereocenters. The molecule has 2 bridgehead atoms. The van der Waals surface area contributed by atoms with Gasteiger partial charge in [-0.3, -0.25) is 9.59 Å². The predicted molar refractivity (Wildman–Crippen MR) is 138 cm³/mol. The summed E-state index contributed by atoms with van der Waals surface area (Å²) in [5, 5.41) is 25.0. The third-order valence-corrected chi connectivity index (χ3v) is 7.30. The van der Waals surface area contributed by atoms with E-state index in [9.17, 15) is 19.8 Å². The maximum atomic E-state index is 13.0. The van der Waals surface area contributed by atoms with Gasteiger partial charge in [-0.25, -0.2) is 0 Å². The van der Waals surface area contributed by atoms with Crippen LogP contribution in [0.25, 0.3) is 0 Å². The van der Waals surface area contributed by atoms with Crippen molar-refractivity contribution >= 4 is 17.5 Å². The maximum absolute atomic E-state index is 13.0. The molecule has 1 aromatic carbocycles. The van der Waals surface area contributed by atoms with Crippen molar-refractivity contribution in [1.82, 2.24) is 9.80 Å². The molecular formula is C27H43N3O6. The second kappa shape index (κ2) is 12.5. The number of likely N-dealkylation sites (N-methyl/N-ethyl adjacent to an activating group) is 1. The first-order chi connectivity index (χ1) is 17.0. The molecule has 3 rings (SSSR count). The van der Waals surface area contributed by atoms with E-state index in [2.05, 4.69) is 5.32 Å². The van der Waals surface area contributed by atoms with Gasteiger partial charge in [-0.1, -0.05) is 19.9 Å². The molecule has 1 saturated heterocycles. The molecule has 1 aromatic rings. The van der Waals surface area contributed by atoms with Crippen LogP contribution in [0.3, 0.4) is 0 Å². The number of rotatable bonds is 3. The summed E-state index contributed by atoms with van der Waals surface area (Å²) in [5.74, 6) is -0.667. The Morgan fingerprint density at radius 2 is 1.83 bits per heavy atom. The number of hydrogen-bond donors (Lipinski definition) is 3. The topological polar surface area (TPSA) is 112 Å². The maximum Gasteiger partial charge on any atom is 0.253 e. The van der Waals surface area contributed by atoms with Gasteiger partial charge in [0.2, 0.25) is 5.91 Å². The van der Waals surface area contributed by atoms with Gasteiger partial charge in [0.1, 0.15) is 6.10 Å². The Balaban J connectivity index is 1.81. The molecule has 0 aliphatic carbocycles. The van der Waals surface area contributed by atoms with E-state index in [1.54, 1.807) is 36.2 Å².